The van der Waals surface area contributed by atoms with Crippen LogP contribution in [0.5, 0.6) is 5.75 Å². The quantitative estimate of drug-likeness (QED) is 0.171. The van der Waals surface area contributed by atoms with Gasteiger partial charge in [-0.25, -0.2) is 19.9 Å². The molecule has 3 heterocycles. The van der Waals surface area contributed by atoms with Crippen LogP contribution in [0.4, 0.5) is 17.2 Å². The third-order valence-corrected chi connectivity index (χ3v) is 8.09. The highest BCUT2D eigenvalue weighted by atomic mass is 16.6. The number of rotatable bonds is 10. The average molecular weight is 658 g/mol. The Bertz CT molecular complexity index is 1980. The number of anilines is 3. The number of para-hydroxylation sites is 2. The fourth-order valence-electron chi connectivity index (χ4n) is 5.75. The second-order valence-electron chi connectivity index (χ2n) is 12.3. The van der Waals surface area contributed by atoms with Gasteiger partial charge in [0.25, 0.3) is 5.91 Å². The van der Waals surface area contributed by atoms with E-state index in [1.165, 1.54) is 6.92 Å². The van der Waals surface area contributed by atoms with Gasteiger partial charge in [0.2, 0.25) is 0 Å². The predicted molar refractivity (Wildman–Crippen MR) is 190 cm³/mol. The highest BCUT2D eigenvalue weighted by Gasteiger charge is 2.35. The Labute approximate surface area is 285 Å². The molecule has 0 saturated heterocycles. The van der Waals surface area contributed by atoms with Crippen LogP contribution in [0.1, 0.15) is 43.8 Å². The van der Waals surface area contributed by atoms with Gasteiger partial charge in [0.05, 0.1) is 29.8 Å². The SMILES string of the molecule is CC(=O)OC(C)(C)C(=O)NCC=Cc1ccc2ncnc(N(c3ccccc3)N3CN(C)C(Oc4ccc(C)nc4)c4ccccc43)c2c1. The summed E-state index contributed by atoms with van der Waals surface area (Å²) in [4.78, 5) is 39.9. The largest absolute Gasteiger partial charge is 0.469 e. The first kappa shape index (κ1) is 33.1. The summed E-state index contributed by atoms with van der Waals surface area (Å²) < 4.78 is 11.6. The molecule has 5 aromatic rings. The third-order valence-electron chi connectivity index (χ3n) is 8.09. The molecule has 1 aliphatic rings. The van der Waals surface area contributed by atoms with Gasteiger partial charge >= 0.3 is 5.97 Å². The van der Waals surface area contributed by atoms with Crippen molar-refractivity contribution in [3.8, 4) is 5.75 Å². The first-order chi connectivity index (χ1) is 23.6. The van der Waals surface area contributed by atoms with Crippen molar-refractivity contribution in [2.45, 2.75) is 39.5 Å². The first-order valence-corrected chi connectivity index (χ1v) is 16.0. The molecule has 1 aliphatic heterocycles. The van der Waals surface area contributed by atoms with Crippen molar-refractivity contribution in [1.82, 2.24) is 25.2 Å². The molecule has 0 radical (unpaired) electrons. The number of carbonyl (C=O) groups excluding carboxylic acids is 2. The molecule has 0 fully saturated rings. The predicted octanol–water partition coefficient (Wildman–Crippen LogP) is 6.34. The number of hydrogen-bond donors (Lipinski definition) is 1. The Morgan fingerprint density at radius 1 is 1.00 bits per heavy atom. The van der Waals surface area contributed by atoms with Gasteiger partial charge in [-0.3, -0.25) is 19.6 Å². The molecule has 250 valence electrons. The van der Waals surface area contributed by atoms with Crippen molar-refractivity contribution in [2.75, 3.05) is 30.3 Å². The fourth-order valence-corrected chi connectivity index (χ4v) is 5.75. The number of aromatic nitrogens is 3. The lowest BCUT2D eigenvalue weighted by molar-refractivity contribution is -0.162. The minimum Gasteiger partial charge on any atom is -0.469 e. The lowest BCUT2D eigenvalue weighted by Crippen LogP contribution is -2.51. The van der Waals surface area contributed by atoms with E-state index in [0.717, 1.165) is 39.1 Å². The molecule has 1 N–H and O–H groups in total. The normalized spacial score (nSPS) is 14.8. The van der Waals surface area contributed by atoms with Crippen molar-refractivity contribution in [3.05, 3.63) is 120 Å². The summed E-state index contributed by atoms with van der Waals surface area (Å²) in [5.74, 6) is 0.505. The van der Waals surface area contributed by atoms with E-state index in [0.29, 0.717) is 18.2 Å². The van der Waals surface area contributed by atoms with E-state index in [4.69, 9.17) is 14.5 Å². The topological polar surface area (TPSA) is 113 Å². The van der Waals surface area contributed by atoms with Crippen LogP contribution >= 0.6 is 0 Å². The van der Waals surface area contributed by atoms with E-state index < -0.39 is 11.6 Å². The minimum atomic E-state index is -1.26. The van der Waals surface area contributed by atoms with Gasteiger partial charge in [-0.15, -0.1) is 0 Å². The Hall–Kier alpha value is -5.81. The van der Waals surface area contributed by atoms with Crippen molar-refractivity contribution < 1.29 is 19.1 Å². The van der Waals surface area contributed by atoms with E-state index in [2.05, 4.69) is 54.5 Å². The minimum absolute atomic E-state index is 0.259. The van der Waals surface area contributed by atoms with Crippen LogP contribution in [0.15, 0.2) is 104 Å². The number of nitrogens with zero attached hydrogens (tertiary/aromatic N) is 6. The van der Waals surface area contributed by atoms with Crippen LogP contribution in [0.25, 0.3) is 17.0 Å². The summed E-state index contributed by atoms with van der Waals surface area (Å²) in [5.41, 5.74) is 4.25. The van der Waals surface area contributed by atoms with Crippen LogP contribution in [-0.4, -0.2) is 57.6 Å². The highest BCUT2D eigenvalue weighted by Crippen LogP contribution is 2.41. The molecule has 1 atom stereocenters. The lowest BCUT2D eigenvalue weighted by atomic mass is 10.1. The molecule has 6 rings (SSSR count). The number of hydrazine groups is 1. The molecule has 49 heavy (non-hydrogen) atoms. The monoisotopic (exact) mass is 657 g/mol. The maximum absolute atomic E-state index is 12.6. The van der Waals surface area contributed by atoms with Crippen LogP contribution < -0.4 is 20.1 Å². The second-order valence-corrected chi connectivity index (χ2v) is 12.3. The number of fused-ring (bicyclic) bond motifs is 2. The number of carbonyl (C=O) groups is 2. The van der Waals surface area contributed by atoms with E-state index in [1.807, 2.05) is 86.8 Å². The summed E-state index contributed by atoms with van der Waals surface area (Å²) in [7, 11) is 2.03. The van der Waals surface area contributed by atoms with Crippen molar-refractivity contribution in [3.63, 3.8) is 0 Å². The lowest BCUT2D eigenvalue weighted by Gasteiger charge is -2.46. The molecule has 1 unspecified atom stereocenters. The number of aryl methyl sites for hydroxylation is 1. The Balaban J connectivity index is 1.35. The van der Waals surface area contributed by atoms with Gasteiger partial charge in [-0.05, 0) is 75.8 Å². The van der Waals surface area contributed by atoms with Gasteiger partial charge in [0.1, 0.15) is 12.1 Å². The summed E-state index contributed by atoms with van der Waals surface area (Å²) in [6.45, 7) is 7.10. The van der Waals surface area contributed by atoms with Crippen LogP contribution in [0, 0.1) is 6.92 Å². The van der Waals surface area contributed by atoms with Gasteiger partial charge < -0.3 is 14.8 Å². The van der Waals surface area contributed by atoms with Crippen molar-refractivity contribution >= 4 is 46.0 Å². The van der Waals surface area contributed by atoms with Crippen LogP contribution in [0.2, 0.25) is 0 Å². The smallest absolute Gasteiger partial charge is 0.303 e. The summed E-state index contributed by atoms with van der Waals surface area (Å²) in [6, 6.07) is 28.2. The van der Waals surface area contributed by atoms with E-state index in [-0.39, 0.29) is 18.7 Å². The molecule has 11 nitrogen and oxygen atoms in total. The maximum atomic E-state index is 12.6. The van der Waals surface area contributed by atoms with Gasteiger partial charge in [0, 0.05) is 30.1 Å². The molecule has 1 amide bonds. The Morgan fingerprint density at radius 2 is 1.78 bits per heavy atom. The molecule has 2 aromatic heterocycles. The molecule has 0 saturated carbocycles. The van der Waals surface area contributed by atoms with E-state index in [9.17, 15) is 9.59 Å². The number of esters is 1. The third kappa shape index (κ3) is 7.37. The molecule has 0 spiro atoms. The summed E-state index contributed by atoms with van der Waals surface area (Å²) in [6.07, 6.45) is 6.77. The maximum Gasteiger partial charge on any atom is 0.303 e. The van der Waals surface area contributed by atoms with E-state index in [1.54, 1.807) is 26.4 Å². The van der Waals surface area contributed by atoms with Crippen LogP contribution in [-0.2, 0) is 14.3 Å². The number of nitrogens with one attached hydrogen (secondary N) is 1. The van der Waals surface area contributed by atoms with Crippen molar-refractivity contribution in [1.29, 1.82) is 0 Å². The molecule has 3 aromatic carbocycles. The van der Waals surface area contributed by atoms with E-state index >= 15 is 0 Å². The van der Waals surface area contributed by atoms with Gasteiger partial charge in [-0.1, -0.05) is 54.6 Å². The highest BCUT2D eigenvalue weighted by molar-refractivity contribution is 5.94. The molecule has 11 heteroatoms. The average Bonchev–Trinajstić information content (AvgIpc) is 3.09. The Kier molecular flexibility index (Phi) is 9.54. The molecular weight excluding hydrogens is 618 g/mol. The number of ether oxygens (including phenoxy) is 2. The van der Waals surface area contributed by atoms with Gasteiger partial charge in [0.15, 0.2) is 17.6 Å². The molecule has 0 aliphatic carbocycles. The fraction of sp³-hybridized carbons (Fsp3) is 0.237. The number of amides is 1. The Morgan fingerprint density at radius 3 is 2.53 bits per heavy atom. The molecule has 0 bridgehead atoms. The molecular formula is C38H39N7O4. The number of benzene rings is 3. The zero-order valence-corrected chi connectivity index (χ0v) is 28.2. The zero-order chi connectivity index (χ0) is 34.5. The summed E-state index contributed by atoms with van der Waals surface area (Å²) >= 11 is 0. The summed E-state index contributed by atoms with van der Waals surface area (Å²) in [5, 5.41) is 7.96. The van der Waals surface area contributed by atoms with Crippen molar-refractivity contribution in [2.24, 2.45) is 0 Å². The first-order valence-electron chi connectivity index (χ1n) is 16.0. The zero-order valence-electron chi connectivity index (χ0n) is 28.2. The second kappa shape index (κ2) is 14.1. The standard InChI is InChI=1S/C38H39N7O4/c1-26-17-19-30(23-40-26)48-36-31-15-9-10-16-34(31)44(25-43(36)5)45(29-13-7-6-8-14-29)35-32-22-28(18-20-33(32)41-24-42-35)12-11-21-39-37(47)38(3,4)49-27(2)46/h6-20,22-24,36H,21,25H2,1-5H3,(H,39,47). The van der Waals surface area contributed by atoms with Crippen LogP contribution in [0.3, 0.4) is 0 Å². The number of pyridine rings is 1. The van der Waals surface area contributed by atoms with Gasteiger partial charge in [-0.2, -0.15) is 0 Å². The number of hydrogen-bond acceptors (Lipinski definition) is 10.